The van der Waals surface area contributed by atoms with Crippen molar-refractivity contribution in [1.29, 1.82) is 0 Å². The lowest BCUT2D eigenvalue weighted by Crippen LogP contribution is -2.41. The topological polar surface area (TPSA) is 75.7 Å². The molecule has 0 saturated heterocycles. The highest BCUT2D eigenvalue weighted by atomic mass is 32.2. The van der Waals surface area contributed by atoms with Gasteiger partial charge in [0.1, 0.15) is 12.3 Å². The van der Waals surface area contributed by atoms with Crippen molar-refractivity contribution in [2.75, 3.05) is 17.1 Å². The normalized spacial score (nSPS) is 14.6. The molecule has 0 spiro atoms. The zero-order chi connectivity index (χ0) is 22.6. The van der Waals surface area contributed by atoms with E-state index in [4.69, 9.17) is 4.74 Å². The number of carbonyl (C=O) groups is 1. The summed E-state index contributed by atoms with van der Waals surface area (Å²) in [5, 5.41) is 2.95. The molecule has 1 atom stereocenters. The number of benzene rings is 2. The first kappa shape index (κ1) is 23.1. The van der Waals surface area contributed by atoms with Gasteiger partial charge in [-0.3, -0.25) is 9.10 Å². The number of fused-ring (bicyclic) bond motifs is 1. The Hall–Kier alpha value is -2.54. The summed E-state index contributed by atoms with van der Waals surface area (Å²) in [4.78, 5) is 12.8. The van der Waals surface area contributed by atoms with Crippen LogP contribution in [0.2, 0.25) is 0 Å². The second-order valence-electron chi connectivity index (χ2n) is 8.46. The number of anilines is 1. The smallest absolute Gasteiger partial charge is 0.241 e. The molecule has 2 aromatic carbocycles. The minimum atomic E-state index is -3.65. The Morgan fingerprint density at radius 3 is 2.45 bits per heavy atom. The number of hydrogen-bond donors (Lipinski definition) is 1. The monoisotopic (exact) mass is 444 g/mol. The first-order valence-electron chi connectivity index (χ1n) is 10.8. The van der Waals surface area contributed by atoms with Crippen LogP contribution in [-0.4, -0.2) is 33.2 Å². The van der Waals surface area contributed by atoms with Crippen LogP contribution >= 0.6 is 0 Å². The summed E-state index contributed by atoms with van der Waals surface area (Å²) >= 11 is 0. The van der Waals surface area contributed by atoms with Crippen molar-refractivity contribution in [2.45, 2.75) is 58.6 Å². The van der Waals surface area contributed by atoms with E-state index in [2.05, 4.69) is 23.5 Å². The summed E-state index contributed by atoms with van der Waals surface area (Å²) in [5.74, 6) is 0.204. The standard InChI is InChI=1S/C24H32N2O4S/c1-17(2)30-23-11-7-10-22(15-23)26(31(4,28)29)16-24(27)25-18(3)20-13-12-19-8-5-6-9-21(19)14-20/h7,10-15,17-18H,5-6,8-9,16H2,1-4H3,(H,25,27). The van der Waals surface area contributed by atoms with E-state index in [1.54, 1.807) is 24.3 Å². The Balaban J connectivity index is 1.73. The summed E-state index contributed by atoms with van der Waals surface area (Å²) in [6.07, 6.45) is 5.66. The van der Waals surface area contributed by atoms with E-state index >= 15 is 0 Å². The fourth-order valence-electron chi connectivity index (χ4n) is 3.91. The molecule has 168 valence electrons. The van der Waals surface area contributed by atoms with E-state index in [1.807, 2.05) is 20.8 Å². The average molecular weight is 445 g/mol. The Labute approximate surface area is 185 Å². The molecule has 1 aliphatic rings. The molecule has 0 radical (unpaired) electrons. The SMILES string of the molecule is CC(C)Oc1cccc(N(CC(=O)NC(C)c2ccc3c(c2)CCCC3)S(C)(=O)=O)c1. The first-order valence-corrected chi connectivity index (χ1v) is 12.6. The molecule has 0 fully saturated rings. The molecule has 0 bridgehead atoms. The molecule has 3 rings (SSSR count). The van der Waals surface area contributed by atoms with Crippen LogP contribution in [-0.2, 0) is 27.7 Å². The third-order valence-corrected chi connectivity index (χ3v) is 6.56. The van der Waals surface area contributed by atoms with Crippen molar-refractivity contribution in [3.05, 3.63) is 59.2 Å². The lowest BCUT2D eigenvalue weighted by atomic mass is 9.89. The number of aryl methyl sites for hydroxylation is 2. The Morgan fingerprint density at radius 1 is 1.06 bits per heavy atom. The Kier molecular flexibility index (Phi) is 7.26. The van der Waals surface area contributed by atoms with Crippen LogP contribution in [0.15, 0.2) is 42.5 Å². The maximum atomic E-state index is 12.8. The number of nitrogens with zero attached hydrogens (tertiary/aromatic N) is 1. The van der Waals surface area contributed by atoms with Crippen molar-refractivity contribution >= 4 is 21.6 Å². The van der Waals surface area contributed by atoms with Crippen LogP contribution < -0.4 is 14.4 Å². The molecule has 0 aliphatic heterocycles. The molecule has 0 heterocycles. The highest BCUT2D eigenvalue weighted by Gasteiger charge is 2.23. The minimum absolute atomic E-state index is 0.0392. The molecule has 0 saturated carbocycles. The number of carbonyl (C=O) groups excluding carboxylic acids is 1. The van der Waals surface area contributed by atoms with E-state index in [9.17, 15) is 13.2 Å². The molecular weight excluding hydrogens is 412 g/mol. The van der Waals surface area contributed by atoms with E-state index < -0.39 is 10.0 Å². The van der Waals surface area contributed by atoms with Crippen LogP contribution in [0, 0.1) is 0 Å². The molecule has 1 aliphatic carbocycles. The number of sulfonamides is 1. The molecule has 7 heteroatoms. The van der Waals surface area contributed by atoms with Gasteiger partial charge in [-0.05, 0) is 75.3 Å². The van der Waals surface area contributed by atoms with Crippen molar-refractivity contribution < 1.29 is 17.9 Å². The highest BCUT2D eigenvalue weighted by Crippen LogP contribution is 2.26. The largest absolute Gasteiger partial charge is 0.491 e. The fraction of sp³-hybridized carbons (Fsp3) is 0.458. The zero-order valence-electron chi connectivity index (χ0n) is 18.7. The van der Waals surface area contributed by atoms with Crippen LogP contribution in [0.1, 0.15) is 56.3 Å². The first-order chi connectivity index (χ1) is 14.6. The van der Waals surface area contributed by atoms with Crippen molar-refractivity contribution in [2.24, 2.45) is 0 Å². The van der Waals surface area contributed by atoms with Crippen LogP contribution in [0.3, 0.4) is 0 Å². The van der Waals surface area contributed by atoms with Gasteiger partial charge in [0.25, 0.3) is 0 Å². The lowest BCUT2D eigenvalue weighted by Gasteiger charge is -2.24. The van der Waals surface area contributed by atoms with Crippen LogP contribution in [0.4, 0.5) is 5.69 Å². The Morgan fingerprint density at radius 2 is 1.77 bits per heavy atom. The van der Waals surface area contributed by atoms with Gasteiger partial charge in [-0.2, -0.15) is 0 Å². The molecular formula is C24H32N2O4S. The number of hydrogen-bond acceptors (Lipinski definition) is 4. The third-order valence-electron chi connectivity index (χ3n) is 5.41. The van der Waals surface area contributed by atoms with Crippen molar-refractivity contribution in [1.82, 2.24) is 5.32 Å². The summed E-state index contributed by atoms with van der Waals surface area (Å²) in [5.41, 5.74) is 4.18. The van der Waals surface area contributed by atoms with Gasteiger partial charge in [0, 0.05) is 6.07 Å². The summed E-state index contributed by atoms with van der Waals surface area (Å²) < 4.78 is 31.6. The summed E-state index contributed by atoms with van der Waals surface area (Å²) in [6.45, 7) is 5.43. The molecule has 6 nitrogen and oxygen atoms in total. The van der Waals surface area contributed by atoms with Crippen molar-refractivity contribution in [3.63, 3.8) is 0 Å². The number of ether oxygens (including phenoxy) is 1. The second kappa shape index (κ2) is 9.73. The van der Waals surface area contributed by atoms with Gasteiger partial charge in [-0.1, -0.05) is 24.3 Å². The maximum absolute atomic E-state index is 12.8. The van der Waals surface area contributed by atoms with Gasteiger partial charge < -0.3 is 10.1 Å². The van der Waals surface area contributed by atoms with E-state index in [0.717, 1.165) is 29.0 Å². The predicted octanol–water partition coefficient (Wildman–Crippen LogP) is 4.00. The van der Waals surface area contributed by atoms with E-state index in [1.165, 1.54) is 24.0 Å². The Bertz CT molecular complexity index is 1030. The predicted molar refractivity (Wildman–Crippen MR) is 124 cm³/mol. The van der Waals surface area contributed by atoms with Crippen LogP contribution in [0.5, 0.6) is 5.75 Å². The van der Waals surface area contributed by atoms with Gasteiger partial charge in [0.15, 0.2) is 0 Å². The highest BCUT2D eigenvalue weighted by molar-refractivity contribution is 7.92. The second-order valence-corrected chi connectivity index (χ2v) is 10.4. The zero-order valence-corrected chi connectivity index (χ0v) is 19.5. The van der Waals surface area contributed by atoms with E-state index in [-0.39, 0.29) is 24.6 Å². The number of rotatable bonds is 8. The molecule has 0 aromatic heterocycles. The summed E-state index contributed by atoms with van der Waals surface area (Å²) in [6, 6.07) is 12.9. The van der Waals surface area contributed by atoms with Crippen LogP contribution in [0.25, 0.3) is 0 Å². The lowest BCUT2D eigenvalue weighted by molar-refractivity contribution is -0.120. The minimum Gasteiger partial charge on any atom is -0.491 e. The molecule has 2 aromatic rings. The summed E-state index contributed by atoms with van der Waals surface area (Å²) in [7, 11) is -3.65. The fourth-order valence-corrected chi connectivity index (χ4v) is 4.76. The quantitative estimate of drug-likeness (QED) is 0.668. The molecule has 1 N–H and O–H groups in total. The number of amides is 1. The number of nitrogens with one attached hydrogen (secondary N) is 1. The third kappa shape index (κ3) is 6.23. The van der Waals surface area contributed by atoms with Crippen molar-refractivity contribution in [3.8, 4) is 5.75 Å². The van der Waals surface area contributed by atoms with Gasteiger partial charge in [0.2, 0.25) is 15.9 Å². The maximum Gasteiger partial charge on any atom is 0.241 e. The molecule has 1 amide bonds. The van der Waals surface area contributed by atoms with Gasteiger partial charge in [-0.15, -0.1) is 0 Å². The molecule has 1 unspecified atom stereocenters. The van der Waals surface area contributed by atoms with E-state index in [0.29, 0.717) is 11.4 Å². The van der Waals surface area contributed by atoms with Gasteiger partial charge in [-0.25, -0.2) is 8.42 Å². The van der Waals surface area contributed by atoms with Gasteiger partial charge >= 0.3 is 0 Å². The molecule has 31 heavy (non-hydrogen) atoms. The van der Waals surface area contributed by atoms with Gasteiger partial charge in [0.05, 0.1) is 24.1 Å². The average Bonchev–Trinajstić information content (AvgIpc) is 2.70.